The molecule has 1 saturated heterocycles. The number of aryl methyl sites for hydroxylation is 3. The van der Waals surface area contributed by atoms with Crippen molar-refractivity contribution in [3.63, 3.8) is 0 Å². The Labute approximate surface area is 200 Å². The highest BCUT2D eigenvalue weighted by Crippen LogP contribution is 2.28. The summed E-state index contributed by atoms with van der Waals surface area (Å²) in [6, 6.07) is 15.8. The second-order valence-corrected chi connectivity index (χ2v) is 8.75. The van der Waals surface area contributed by atoms with E-state index in [-0.39, 0.29) is 6.03 Å². The van der Waals surface area contributed by atoms with Crippen molar-refractivity contribution in [2.24, 2.45) is 0 Å². The first-order valence-electron chi connectivity index (χ1n) is 11.4. The summed E-state index contributed by atoms with van der Waals surface area (Å²) in [4.78, 5) is 26.4. The molecule has 2 heterocycles. The lowest BCUT2D eigenvalue weighted by atomic mass is 10.0. The third-order valence-corrected chi connectivity index (χ3v) is 6.50. The number of urea groups is 1. The first-order chi connectivity index (χ1) is 16.0. The Balaban J connectivity index is 1.48. The second kappa shape index (κ2) is 10.2. The Kier molecular flexibility index (Phi) is 7.14. The minimum absolute atomic E-state index is 0.0538. The van der Waals surface area contributed by atoms with Crippen LogP contribution in [0.25, 0.3) is 0 Å². The van der Waals surface area contributed by atoms with Gasteiger partial charge in [-0.2, -0.15) is 0 Å². The van der Waals surface area contributed by atoms with E-state index in [1.165, 1.54) is 0 Å². The van der Waals surface area contributed by atoms with E-state index in [9.17, 15) is 4.79 Å². The molecule has 2 aromatic carbocycles. The molecule has 0 radical (unpaired) electrons. The first kappa shape index (κ1) is 23.1. The quantitative estimate of drug-likeness (QED) is 0.561. The summed E-state index contributed by atoms with van der Waals surface area (Å²) in [5, 5.41) is 3.83. The number of amides is 2. The predicted octanol–water partition coefficient (Wildman–Crippen LogP) is 5.25. The van der Waals surface area contributed by atoms with Crippen molar-refractivity contribution in [1.29, 1.82) is 0 Å². The molecule has 0 unspecified atom stereocenters. The van der Waals surface area contributed by atoms with Crippen LogP contribution in [0.4, 0.5) is 16.3 Å². The summed E-state index contributed by atoms with van der Waals surface area (Å²) in [5.74, 6) is 1.69. The van der Waals surface area contributed by atoms with Crippen LogP contribution in [0.15, 0.2) is 48.5 Å². The highest BCUT2D eigenvalue weighted by molar-refractivity contribution is 6.31. The molecular weight excluding hydrogens is 434 g/mol. The lowest BCUT2D eigenvalue weighted by molar-refractivity contribution is 0.208. The molecule has 1 aliphatic rings. The van der Waals surface area contributed by atoms with Gasteiger partial charge in [-0.3, -0.25) is 0 Å². The lowest BCUT2D eigenvalue weighted by Crippen LogP contribution is -2.50. The van der Waals surface area contributed by atoms with E-state index in [1.54, 1.807) is 0 Å². The molecule has 6 nitrogen and oxygen atoms in total. The topological polar surface area (TPSA) is 61.4 Å². The number of anilines is 2. The minimum atomic E-state index is -0.0538. The summed E-state index contributed by atoms with van der Waals surface area (Å²) in [6.07, 6.45) is 1.56. The van der Waals surface area contributed by atoms with Crippen molar-refractivity contribution in [2.45, 2.75) is 33.6 Å². The van der Waals surface area contributed by atoms with Crippen molar-refractivity contribution in [3.05, 3.63) is 81.8 Å². The van der Waals surface area contributed by atoms with Gasteiger partial charge in [-0.05, 0) is 43.5 Å². The van der Waals surface area contributed by atoms with Gasteiger partial charge in [0, 0.05) is 54.6 Å². The Morgan fingerprint density at radius 1 is 0.970 bits per heavy atom. The molecular formula is C26H30ClN5O. The smallest absolute Gasteiger partial charge is 0.321 e. The maximum absolute atomic E-state index is 12.9. The number of nitrogens with zero attached hydrogens (tertiary/aromatic N) is 4. The van der Waals surface area contributed by atoms with Gasteiger partial charge in [0.25, 0.3) is 0 Å². The number of hydrogen-bond acceptors (Lipinski definition) is 4. The largest absolute Gasteiger partial charge is 0.353 e. The highest BCUT2D eigenvalue weighted by Gasteiger charge is 2.25. The van der Waals surface area contributed by atoms with Gasteiger partial charge in [0.05, 0.1) is 0 Å². The molecule has 2 amide bonds. The van der Waals surface area contributed by atoms with Crippen LogP contribution in [0.3, 0.4) is 0 Å². The van der Waals surface area contributed by atoms with Crippen molar-refractivity contribution in [1.82, 2.24) is 14.9 Å². The monoisotopic (exact) mass is 463 g/mol. The second-order valence-electron chi connectivity index (χ2n) is 8.34. The molecule has 0 atom stereocenters. The Morgan fingerprint density at radius 2 is 1.64 bits per heavy atom. The average molecular weight is 464 g/mol. The molecule has 0 saturated carbocycles. The normalized spacial score (nSPS) is 13.8. The van der Waals surface area contributed by atoms with Crippen LogP contribution >= 0.6 is 11.6 Å². The van der Waals surface area contributed by atoms with Crippen LogP contribution < -0.4 is 10.2 Å². The fraction of sp³-hybridized carbons (Fsp3) is 0.346. The fourth-order valence-electron chi connectivity index (χ4n) is 4.28. The molecule has 4 rings (SSSR count). The van der Waals surface area contributed by atoms with Gasteiger partial charge >= 0.3 is 6.03 Å². The SMILES string of the molecule is CCc1ccccc1NC(=O)N1CCN(c2nc(C)nc(C)c2Cc2ccccc2Cl)CC1. The molecule has 33 heavy (non-hydrogen) atoms. The molecule has 1 aliphatic heterocycles. The minimum Gasteiger partial charge on any atom is -0.353 e. The van der Waals surface area contributed by atoms with E-state index in [2.05, 4.69) is 22.1 Å². The zero-order valence-electron chi connectivity index (χ0n) is 19.4. The third kappa shape index (κ3) is 5.28. The number of carbonyl (C=O) groups is 1. The van der Waals surface area contributed by atoms with Gasteiger partial charge in [0.2, 0.25) is 0 Å². The van der Waals surface area contributed by atoms with Gasteiger partial charge in [-0.1, -0.05) is 54.9 Å². The van der Waals surface area contributed by atoms with E-state index in [0.29, 0.717) is 32.6 Å². The van der Waals surface area contributed by atoms with Crippen LogP contribution in [0, 0.1) is 13.8 Å². The number of hydrogen-bond donors (Lipinski definition) is 1. The number of piperazine rings is 1. The summed E-state index contributed by atoms with van der Waals surface area (Å²) in [6.45, 7) is 8.74. The van der Waals surface area contributed by atoms with Crippen LogP contribution in [0.2, 0.25) is 5.02 Å². The molecule has 1 aromatic heterocycles. The number of para-hydroxylation sites is 1. The predicted molar refractivity (Wildman–Crippen MR) is 134 cm³/mol. The van der Waals surface area contributed by atoms with Crippen molar-refractivity contribution < 1.29 is 4.79 Å². The summed E-state index contributed by atoms with van der Waals surface area (Å²) in [7, 11) is 0. The van der Waals surface area contributed by atoms with E-state index in [4.69, 9.17) is 16.6 Å². The maximum atomic E-state index is 12.9. The fourth-order valence-corrected chi connectivity index (χ4v) is 4.49. The molecule has 0 aliphatic carbocycles. The van der Waals surface area contributed by atoms with Gasteiger partial charge in [0.15, 0.2) is 0 Å². The lowest BCUT2D eigenvalue weighted by Gasteiger charge is -2.36. The number of aromatic nitrogens is 2. The molecule has 0 spiro atoms. The van der Waals surface area contributed by atoms with E-state index < -0.39 is 0 Å². The molecule has 0 bridgehead atoms. The highest BCUT2D eigenvalue weighted by atomic mass is 35.5. The maximum Gasteiger partial charge on any atom is 0.321 e. The average Bonchev–Trinajstić information content (AvgIpc) is 2.82. The molecule has 7 heteroatoms. The van der Waals surface area contributed by atoms with Gasteiger partial charge < -0.3 is 15.1 Å². The zero-order chi connectivity index (χ0) is 23.4. The van der Waals surface area contributed by atoms with E-state index >= 15 is 0 Å². The van der Waals surface area contributed by atoms with Crippen LogP contribution in [0.1, 0.15) is 35.1 Å². The third-order valence-electron chi connectivity index (χ3n) is 6.14. The van der Waals surface area contributed by atoms with Crippen molar-refractivity contribution >= 4 is 29.1 Å². The summed E-state index contributed by atoms with van der Waals surface area (Å²) >= 11 is 6.43. The Morgan fingerprint density at radius 3 is 2.33 bits per heavy atom. The van der Waals surface area contributed by atoms with Crippen LogP contribution in [-0.4, -0.2) is 47.1 Å². The molecule has 1 N–H and O–H groups in total. The number of rotatable bonds is 5. The van der Waals surface area contributed by atoms with Crippen LogP contribution in [0.5, 0.6) is 0 Å². The van der Waals surface area contributed by atoms with E-state index in [1.807, 2.05) is 67.3 Å². The number of carbonyl (C=O) groups excluding carboxylic acids is 1. The molecule has 172 valence electrons. The number of benzene rings is 2. The molecule has 1 fully saturated rings. The Hall–Kier alpha value is -3.12. The summed E-state index contributed by atoms with van der Waals surface area (Å²) < 4.78 is 0. The van der Waals surface area contributed by atoms with Gasteiger partial charge in [-0.15, -0.1) is 0 Å². The van der Waals surface area contributed by atoms with E-state index in [0.717, 1.165) is 51.2 Å². The standard InChI is InChI=1S/C26H30ClN5O/c1-4-20-9-6-8-12-24(20)30-26(33)32-15-13-31(14-16-32)25-22(18(2)28-19(3)29-25)17-21-10-5-7-11-23(21)27/h5-12H,4,13-17H2,1-3H3,(H,30,33). The van der Waals surface area contributed by atoms with Gasteiger partial charge in [-0.25, -0.2) is 14.8 Å². The molecule has 3 aromatic rings. The van der Waals surface area contributed by atoms with Gasteiger partial charge in [0.1, 0.15) is 11.6 Å². The van der Waals surface area contributed by atoms with Crippen molar-refractivity contribution in [3.8, 4) is 0 Å². The van der Waals surface area contributed by atoms with Crippen LogP contribution in [-0.2, 0) is 12.8 Å². The first-order valence-corrected chi connectivity index (χ1v) is 11.8. The van der Waals surface area contributed by atoms with Crippen molar-refractivity contribution in [2.75, 3.05) is 36.4 Å². The number of halogens is 1. The Bertz CT molecular complexity index is 1140. The number of nitrogens with one attached hydrogen (secondary N) is 1. The zero-order valence-corrected chi connectivity index (χ0v) is 20.2. The summed E-state index contributed by atoms with van der Waals surface area (Å²) in [5.41, 5.74) is 5.14.